The second kappa shape index (κ2) is 6.28. The lowest BCUT2D eigenvalue weighted by Gasteiger charge is -2.47. The van der Waals surface area contributed by atoms with Gasteiger partial charge in [-0.1, -0.05) is 20.8 Å². The van der Waals surface area contributed by atoms with Crippen molar-refractivity contribution < 1.29 is 14.6 Å². The fraction of sp³-hybridized carbons (Fsp3) is 0.696. The van der Waals surface area contributed by atoms with Gasteiger partial charge in [0.1, 0.15) is 22.9 Å². The summed E-state index contributed by atoms with van der Waals surface area (Å²) in [4.78, 5) is 12.8. The molecule has 3 atom stereocenters. The highest BCUT2D eigenvalue weighted by Gasteiger charge is 2.48. The molecule has 0 aromatic heterocycles. The molecule has 26 heavy (non-hydrogen) atoms. The number of phenols is 1. The molecule has 1 N–H and O–H groups in total. The van der Waals surface area contributed by atoms with Crippen LogP contribution in [0, 0.1) is 38.0 Å². The molecule has 0 bridgehead atoms. The fourth-order valence-electron chi connectivity index (χ4n) is 4.91. The van der Waals surface area contributed by atoms with E-state index in [1.807, 2.05) is 20.8 Å². The zero-order valence-electron chi connectivity index (χ0n) is 17.5. The Balaban J connectivity index is 1.96. The van der Waals surface area contributed by atoms with Crippen molar-refractivity contribution in [3.05, 3.63) is 22.3 Å². The quantitative estimate of drug-likeness (QED) is 0.728. The van der Waals surface area contributed by atoms with E-state index in [0.29, 0.717) is 23.9 Å². The zero-order valence-corrected chi connectivity index (χ0v) is 17.5. The summed E-state index contributed by atoms with van der Waals surface area (Å²) in [7, 11) is 0. The SMILES string of the molecule is Cc1c(C)c2c(c(C)c1O)CCC(C)(C1CC(C(C)(C)C)CCC1=O)O2. The maximum atomic E-state index is 12.8. The van der Waals surface area contributed by atoms with Crippen LogP contribution in [0.4, 0.5) is 0 Å². The summed E-state index contributed by atoms with van der Waals surface area (Å²) >= 11 is 0. The lowest BCUT2D eigenvalue weighted by Crippen LogP contribution is -2.50. The average molecular weight is 359 g/mol. The Labute approximate surface area is 158 Å². The number of ether oxygens (including phenoxy) is 1. The first kappa shape index (κ1) is 19.3. The largest absolute Gasteiger partial charge is 0.507 e. The van der Waals surface area contributed by atoms with Crippen molar-refractivity contribution in [1.82, 2.24) is 0 Å². The van der Waals surface area contributed by atoms with Gasteiger partial charge >= 0.3 is 0 Å². The van der Waals surface area contributed by atoms with Gasteiger partial charge in [0.05, 0.1) is 5.92 Å². The van der Waals surface area contributed by atoms with Crippen molar-refractivity contribution in [3.63, 3.8) is 0 Å². The van der Waals surface area contributed by atoms with Gasteiger partial charge in [0.15, 0.2) is 0 Å². The number of aromatic hydroxyl groups is 1. The molecule has 1 aliphatic heterocycles. The molecule has 0 saturated heterocycles. The number of phenolic OH excluding ortho intramolecular Hbond substituents is 1. The first-order valence-corrected chi connectivity index (χ1v) is 9.99. The van der Waals surface area contributed by atoms with E-state index in [0.717, 1.165) is 53.7 Å². The summed E-state index contributed by atoms with van der Waals surface area (Å²) in [6.45, 7) is 14.9. The predicted octanol–water partition coefficient (Wildman–Crippen LogP) is 5.43. The molecule has 1 heterocycles. The Kier molecular flexibility index (Phi) is 4.65. The minimum Gasteiger partial charge on any atom is -0.507 e. The van der Waals surface area contributed by atoms with E-state index in [-0.39, 0.29) is 11.3 Å². The van der Waals surface area contributed by atoms with Crippen LogP contribution in [0.5, 0.6) is 11.5 Å². The van der Waals surface area contributed by atoms with Gasteiger partial charge in [0.2, 0.25) is 0 Å². The number of hydrogen-bond donors (Lipinski definition) is 1. The van der Waals surface area contributed by atoms with E-state index >= 15 is 0 Å². The lowest BCUT2D eigenvalue weighted by molar-refractivity contribution is -0.136. The number of carbonyl (C=O) groups is 1. The van der Waals surface area contributed by atoms with Gasteiger partial charge in [0.25, 0.3) is 0 Å². The molecule has 1 aromatic rings. The van der Waals surface area contributed by atoms with Gasteiger partial charge in [-0.25, -0.2) is 0 Å². The monoisotopic (exact) mass is 358 g/mol. The van der Waals surface area contributed by atoms with Crippen LogP contribution >= 0.6 is 0 Å². The molecule has 0 radical (unpaired) electrons. The van der Waals surface area contributed by atoms with Crippen LogP contribution in [-0.2, 0) is 11.2 Å². The molecule has 1 aromatic carbocycles. The Morgan fingerprint density at radius 2 is 1.73 bits per heavy atom. The molecule has 0 amide bonds. The Morgan fingerprint density at radius 3 is 2.35 bits per heavy atom. The number of ketones is 1. The summed E-state index contributed by atoms with van der Waals surface area (Å²) in [5.41, 5.74) is 3.69. The minimum absolute atomic E-state index is 0.0394. The van der Waals surface area contributed by atoms with Crippen molar-refractivity contribution in [3.8, 4) is 11.5 Å². The Morgan fingerprint density at radius 1 is 1.08 bits per heavy atom. The average Bonchev–Trinajstić information content (AvgIpc) is 2.57. The van der Waals surface area contributed by atoms with Crippen LogP contribution in [-0.4, -0.2) is 16.5 Å². The highest BCUT2D eigenvalue weighted by atomic mass is 16.5. The number of Topliss-reactive ketones (excluding diaryl/α,β-unsaturated/α-hetero) is 1. The highest BCUT2D eigenvalue weighted by molar-refractivity contribution is 5.83. The van der Waals surface area contributed by atoms with Gasteiger partial charge in [-0.2, -0.15) is 0 Å². The molecule has 1 aliphatic carbocycles. The van der Waals surface area contributed by atoms with Gasteiger partial charge in [0, 0.05) is 12.0 Å². The lowest BCUT2D eigenvalue weighted by atomic mass is 9.64. The number of hydrogen-bond acceptors (Lipinski definition) is 3. The van der Waals surface area contributed by atoms with Crippen LogP contribution in [0.3, 0.4) is 0 Å². The Hall–Kier alpha value is -1.51. The zero-order chi connectivity index (χ0) is 19.4. The molecule has 1 saturated carbocycles. The standard InChI is InChI=1S/C23H34O3/c1-13-14(2)21-17(15(3)20(13)25)10-11-23(7,26-21)18-12-16(22(4,5)6)8-9-19(18)24/h16,18,25H,8-12H2,1-7H3. The first-order valence-electron chi connectivity index (χ1n) is 9.99. The van der Waals surface area contributed by atoms with Crippen LogP contribution in [0.1, 0.15) is 75.6 Å². The molecule has 3 rings (SSSR count). The highest BCUT2D eigenvalue weighted by Crippen LogP contribution is 2.49. The van der Waals surface area contributed by atoms with E-state index in [1.165, 1.54) is 0 Å². The third-order valence-corrected chi connectivity index (χ3v) is 7.16. The molecular weight excluding hydrogens is 324 g/mol. The van der Waals surface area contributed by atoms with Crippen molar-refractivity contribution in [1.29, 1.82) is 0 Å². The van der Waals surface area contributed by atoms with Crippen molar-refractivity contribution in [2.24, 2.45) is 17.3 Å². The van der Waals surface area contributed by atoms with E-state index < -0.39 is 5.60 Å². The van der Waals surface area contributed by atoms with Gasteiger partial charge in [-0.05, 0) is 81.4 Å². The Bertz CT molecular complexity index is 741. The molecule has 3 heteroatoms. The predicted molar refractivity (Wildman–Crippen MR) is 105 cm³/mol. The van der Waals surface area contributed by atoms with Crippen LogP contribution in [0.25, 0.3) is 0 Å². The van der Waals surface area contributed by atoms with Crippen LogP contribution in [0.15, 0.2) is 0 Å². The topological polar surface area (TPSA) is 46.5 Å². The van der Waals surface area contributed by atoms with Crippen molar-refractivity contribution in [2.45, 2.75) is 86.2 Å². The number of rotatable bonds is 1. The second-order valence-electron chi connectivity index (χ2n) is 9.80. The smallest absolute Gasteiger partial charge is 0.139 e. The van der Waals surface area contributed by atoms with Crippen LogP contribution < -0.4 is 4.74 Å². The van der Waals surface area contributed by atoms with E-state index in [2.05, 4.69) is 27.7 Å². The second-order valence-corrected chi connectivity index (χ2v) is 9.80. The third-order valence-electron chi connectivity index (χ3n) is 7.16. The van der Waals surface area contributed by atoms with Gasteiger partial charge in [-0.3, -0.25) is 4.79 Å². The fourth-order valence-corrected chi connectivity index (χ4v) is 4.91. The maximum absolute atomic E-state index is 12.8. The molecule has 0 spiro atoms. The van der Waals surface area contributed by atoms with E-state index in [9.17, 15) is 9.90 Å². The third kappa shape index (κ3) is 3.04. The summed E-state index contributed by atoms with van der Waals surface area (Å²) < 4.78 is 6.61. The first-order chi connectivity index (χ1) is 12.0. The summed E-state index contributed by atoms with van der Waals surface area (Å²) in [5, 5.41) is 10.4. The van der Waals surface area contributed by atoms with Crippen molar-refractivity contribution >= 4 is 5.78 Å². The van der Waals surface area contributed by atoms with Crippen LogP contribution in [0.2, 0.25) is 0 Å². The maximum Gasteiger partial charge on any atom is 0.139 e. The number of fused-ring (bicyclic) bond motifs is 1. The van der Waals surface area contributed by atoms with Crippen molar-refractivity contribution in [2.75, 3.05) is 0 Å². The number of carbonyl (C=O) groups excluding carboxylic acids is 1. The summed E-state index contributed by atoms with van der Waals surface area (Å²) in [6, 6.07) is 0. The van der Waals surface area contributed by atoms with E-state index in [4.69, 9.17) is 4.74 Å². The van der Waals surface area contributed by atoms with Gasteiger partial charge < -0.3 is 9.84 Å². The van der Waals surface area contributed by atoms with E-state index in [1.54, 1.807) is 0 Å². The summed E-state index contributed by atoms with van der Waals surface area (Å²) in [5.74, 6) is 2.16. The molecule has 144 valence electrons. The molecule has 3 unspecified atom stereocenters. The molecular formula is C23H34O3. The normalized spacial score (nSPS) is 29.3. The molecule has 1 fully saturated rings. The van der Waals surface area contributed by atoms with Gasteiger partial charge in [-0.15, -0.1) is 0 Å². The summed E-state index contributed by atoms with van der Waals surface area (Å²) in [6.07, 6.45) is 4.28. The molecule has 2 aliphatic rings. The minimum atomic E-state index is -0.450. The molecule has 3 nitrogen and oxygen atoms in total. The number of benzene rings is 1.